The molecular formula is C20H26N2. The van der Waals surface area contributed by atoms with Crippen molar-refractivity contribution in [2.24, 2.45) is 0 Å². The van der Waals surface area contributed by atoms with Gasteiger partial charge in [-0.25, -0.2) is 0 Å². The molecule has 22 heavy (non-hydrogen) atoms. The zero-order valence-electron chi connectivity index (χ0n) is 13.8. The number of nitrogens with one attached hydrogen (secondary N) is 1. The Hall–Kier alpha value is -1.80. The van der Waals surface area contributed by atoms with Gasteiger partial charge in [0.25, 0.3) is 0 Å². The van der Waals surface area contributed by atoms with E-state index in [0.29, 0.717) is 6.04 Å². The molecule has 0 aliphatic carbocycles. The molecule has 2 nitrogen and oxygen atoms in total. The van der Waals surface area contributed by atoms with Gasteiger partial charge in [-0.1, -0.05) is 62.4 Å². The average molecular weight is 294 g/mol. The summed E-state index contributed by atoms with van der Waals surface area (Å²) in [6.07, 6.45) is 1.12. The van der Waals surface area contributed by atoms with Crippen molar-refractivity contribution in [1.82, 2.24) is 5.32 Å². The minimum atomic E-state index is 0.212. The first-order valence-electron chi connectivity index (χ1n) is 8.19. The fraction of sp³-hybridized carbons (Fsp3) is 0.400. The van der Waals surface area contributed by atoms with Crippen LogP contribution < -0.4 is 10.2 Å². The third-order valence-corrected chi connectivity index (χ3v) is 4.74. The van der Waals surface area contributed by atoms with Crippen molar-refractivity contribution in [3.8, 4) is 0 Å². The molecule has 0 spiro atoms. The third kappa shape index (κ3) is 2.76. The molecule has 1 unspecified atom stereocenters. The summed E-state index contributed by atoms with van der Waals surface area (Å²) in [6, 6.07) is 20.2. The predicted molar refractivity (Wildman–Crippen MR) is 94.5 cm³/mol. The van der Waals surface area contributed by atoms with Crippen LogP contribution in [0.2, 0.25) is 0 Å². The second-order valence-corrected chi connectivity index (χ2v) is 6.85. The van der Waals surface area contributed by atoms with Gasteiger partial charge in [0.2, 0.25) is 0 Å². The fourth-order valence-electron chi connectivity index (χ4n) is 3.63. The lowest BCUT2D eigenvalue weighted by Crippen LogP contribution is -2.33. The first kappa shape index (κ1) is 15.1. The van der Waals surface area contributed by atoms with E-state index in [1.807, 2.05) is 7.05 Å². The van der Waals surface area contributed by atoms with Gasteiger partial charge in [-0.3, -0.25) is 0 Å². The summed E-state index contributed by atoms with van der Waals surface area (Å²) in [4.78, 5) is 2.60. The summed E-state index contributed by atoms with van der Waals surface area (Å²) in [5.74, 6) is 0. The number of hydrogen-bond acceptors (Lipinski definition) is 2. The van der Waals surface area contributed by atoms with Gasteiger partial charge in [0.05, 0.1) is 6.04 Å². The molecule has 1 N–H and O–H groups in total. The summed E-state index contributed by atoms with van der Waals surface area (Å²) in [5.41, 5.74) is 4.49. The molecule has 1 aliphatic heterocycles. The number of benzene rings is 2. The molecule has 2 heteroatoms. The van der Waals surface area contributed by atoms with Crippen LogP contribution >= 0.6 is 0 Å². The molecule has 0 aromatic heterocycles. The van der Waals surface area contributed by atoms with Crippen LogP contribution in [0.4, 0.5) is 5.69 Å². The molecule has 0 amide bonds. The smallest absolute Gasteiger partial charge is 0.0554 e. The first-order chi connectivity index (χ1) is 10.6. The number of rotatable bonds is 5. The summed E-state index contributed by atoms with van der Waals surface area (Å²) in [6.45, 7) is 6.81. The minimum Gasteiger partial charge on any atom is -0.363 e. The van der Waals surface area contributed by atoms with Gasteiger partial charge in [-0.05, 0) is 37.2 Å². The van der Waals surface area contributed by atoms with Crippen LogP contribution in [0.25, 0.3) is 0 Å². The summed E-state index contributed by atoms with van der Waals surface area (Å²) < 4.78 is 0. The molecule has 1 aliphatic rings. The van der Waals surface area contributed by atoms with Crippen molar-refractivity contribution in [3.05, 3.63) is 65.7 Å². The van der Waals surface area contributed by atoms with E-state index in [1.54, 1.807) is 0 Å². The van der Waals surface area contributed by atoms with E-state index in [2.05, 4.69) is 78.7 Å². The van der Waals surface area contributed by atoms with E-state index in [4.69, 9.17) is 0 Å². The summed E-state index contributed by atoms with van der Waals surface area (Å²) >= 11 is 0. The topological polar surface area (TPSA) is 15.3 Å². The number of hydrogen-bond donors (Lipinski definition) is 1. The van der Waals surface area contributed by atoms with Gasteiger partial charge < -0.3 is 10.2 Å². The van der Waals surface area contributed by atoms with E-state index in [-0.39, 0.29) is 5.41 Å². The van der Waals surface area contributed by atoms with E-state index in [0.717, 1.165) is 19.5 Å². The Labute approximate surface area is 134 Å². The lowest BCUT2D eigenvalue weighted by Gasteiger charge is -2.32. The second kappa shape index (κ2) is 6.13. The van der Waals surface area contributed by atoms with E-state index in [1.165, 1.54) is 16.8 Å². The number of nitrogens with zero attached hydrogens (tertiary/aromatic N) is 1. The van der Waals surface area contributed by atoms with Gasteiger partial charge in [-0.2, -0.15) is 0 Å². The van der Waals surface area contributed by atoms with Crippen molar-refractivity contribution in [3.63, 3.8) is 0 Å². The Balaban J connectivity index is 1.99. The van der Waals surface area contributed by atoms with Crippen LogP contribution in [-0.4, -0.2) is 20.1 Å². The summed E-state index contributed by atoms with van der Waals surface area (Å²) in [5, 5.41) is 3.31. The molecule has 116 valence electrons. The zero-order valence-corrected chi connectivity index (χ0v) is 13.8. The Bertz CT molecular complexity index is 619. The second-order valence-electron chi connectivity index (χ2n) is 6.85. The highest BCUT2D eigenvalue weighted by atomic mass is 15.2. The lowest BCUT2D eigenvalue weighted by molar-refractivity contribution is 0.496. The van der Waals surface area contributed by atoms with Gasteiger partial charge in [-0.15, -0.1) is 0 Å². The van der Waals surface area contributed by atoms with E-state index < -0.39 is 0 Å². The van der Waals surface area contributed by atoms with Crippen LogP contribution in [-0.2, 0) is 5.41 Å². The number of anilines is 1. The maximum Gasteiger partial charge on any atom is 0.0554 e. The monoisotopic (exact) mass is 294 g/mol. The lowest BCUT2D eigenvalue weighted by atomic mass is 9.87. The first-order valence-corrected chi connectivity index (χ1v) is 8.19. The fourth-order valence-corrected chi connectivity index (χ4v) is 3.63. The average Bonchev–Trinajstić information content (AvgIpc) is 2.81. The highest BCUT2D eigenvalue weighted by molar-refractivity contribution is 5.63. The van der Waals surface area contributed by atoms with Crippen LogP contribution in [0.5, 0.6) is 0 Å². The van der Waals surface area contributed by atoms with Gasteiger partial charge in [0.15, 0.2) is 0 Å². The van der Waals surface area contributed by atoms with Crippen molar-refractivity contribution >= 4 is 5.69 Å². The maximum atomic E-state index is 3.31. The SMILES string of the molecule is CNCCC(c1ccccc1)N1CC(C)(C)c2ccccc21. The summed E-state index contributed by atoms with van der Waals surface area (Å²) in [7, 11) is 2.03. The van der Waals surface area contributed by atoms with Crippen LogP contribution in [0.15, 0.2) is 54.6 Å². The molecule has 0 saturated carbocycles. The van der Waals surface area contributed by atoms with Gasteiger partial charge >= 0.3 is 0 Å². The van der Waals surface area contributed by atoms with E-state index >= 15 is 0 Å². The molecular weight excluding hydrogens is 268 g/mol. The molecule has 2 aromatic rings. The molecule has 1 atom stereocenters. The predicted octanol–water partition coefficient (Wildman–Crippen LogP) is 4.14. The Morgan fingerprint density at radius 1 is 1.05 bits per heavy atom. The molecule has 0 fully saturated rings. The molecule has 1 heterocycles. The molecule has 0 radical (unpaired) electrons. The standard InChI is InChI=1S/C20H26N2/c1-20(2)15-22(19-12-8-7-11-17(19)20)18(13-14-21-3)16-9-5-4-6-10-16/h4-12,18,21H,13-15H2,1-3H3. The maximum absolute atomic E-state index is 3.31. The molecule has 2 aromatic carbocycles. The normalized spacial score (nSPS) is 17.3. The van der Waals surface area contributed by atoms with Crippen LogP contribution in [0.3, 0.4) is 0 Å². The Morgan fingerprint density at radius 3 is 2.45 bits per heavy atom. The van der Waals surface area contributed by atoms with E-state index in [9.17, 15) is 0 Å². The quantitative estimate of drug-likeness (QED) is 0.892. The minimum absolute atomic E-state index is 0.212. The highest BCUT2D eigenvalue weighted by Gasteiger charge is 2.37. The molecule has 0 bridgehead atoms. The molecule has 3 rings (SSSR count). The van der Waals surface area contributed by atoms with Crippen molar-refractivity contribution in [2.45, 2.75) is 31.7 Å². The Morgan fingerprint density at radius 2 is 1.73 bits per heavy atom. The number of fused-ring (bicyclic) bond motifs is 1. The van der Waals surface area contributed by atoms with Crippen LogP contribution in [0, 0.1) is 0 Å². The van der Waals surface area contributed by atoms with Crippen LogP contribution in [0.1, 0.15) is 37.4 Å². The molecule has 0 saturated heterocycles. The highest BCUT2D eigenvalue weighted by Crippen LogP contribution is 2.44. The van der Waals surface area contributed by atoms with Gasteiger partial charge in [0, 0.05) is 17.6 Å². The van der Waals surface area contributed by atoms with Crippen molar-refractivity contribution in [1.29, 1.82) is 0 Å². The number of para-hydroxylation sites is 1. The van der Waals surface area contributed by atoms with Crippen molar-refractivity contribution < 1.29 is 0 Å². The zero-order chi connectivity index (χ0) is 15.6. The van der Waals surface area contributed by atoms with Crippen molar-refractivity contribution in [2.75, 3.05) is 25.0 Å². The largest absolute Gasteiger partial charge is 0.363 e. The third-order valence-electron chi connectivity index (χ3n) is 4.74. The Kier molecular flexibility index (Phi) is 4.21. The van der Waals surface area contributed by atoms with Gasteiger partial charge in [0.1, 0.15) is 0 Å².